The molecule has 0 bridgehead atoms. The van der Waals surface area contributed by atoms with Crippen molar-refractivity contribution in [2.75, 3.05) is 0 Å². The highest BCUT2D eigenvalue weighted by Crippen LogP contribution is 2.57. The molecule has 0 heterocycles. The van der Waals surface area contributed by atoms with E-state index in [1.54, 1.807) is 5.57 Å². The second kappa shape index (κ2) is 5.63. The van der Waals surface area contributed by atoms with Crippen LogP contribution >= 0.6 is 0 Å². The van der Waals surface area contributed by atoms with Crippen molar-refractivity contribution in [1.29, 1.82) is 0 Å². The molecule has 0 saturated heterocycles. The van der Waals surface area contributed by atoms with Gasteiger partial charge in [0, 0.05) is 5.41 Å². The molecule has 0 spiro atoms. The van der Waals surface area contributed by atoms with Crippen LogP contribution in [0.3, 0.4) is 0 Å². The van der Waals surface area contributed by atoms with E-state index in [4.69, 9.17) is 0 Å². The van der Waals surface area contributed by atoms with Crippen LogP contribution < -0.4 is 0 Å². The van der Waals surface area contributed by atoms with Crippen LogP contribution in [0.25, 0.3) is 0 Å². The average Bonchev–Trinajstić information content (AvgIpc) is 2.30. The molecule has 1 aliphatic carbocycles. The lowest BCUT2D eigenvalue weighted by atomic mass is 9.50. The van der Waals surface area contributed by atoms with Gasteiger partial charge in [-0.05, 0) is 30.1 Å². The second-order valence-electron chi connectivity index (χ2n) is 6.95. The minimum absolute atomic E-state index is 0.277. The summed E-state index contributed by atoms with van der Waals surface area (Å²) in [6.45, 7) is 16.7. The summed E-state index contributed by atoms with van der Waals surface area (Å²) in [5.74, 6) is 1.35. The first-order chi connectivity index (χ1) is 8.30. The van der Waals surface area contributed by atoms with Gasteiger partial charge in [-0.3, -0.25) is 0 Å². The van der Waals surface area contributed by atoms with Crippen molar-refractivity contribution in [1.82, 2.24) is 0 Å². The minimum Gasteiger partial charge on any atom is -0.0775 e. The van der Waals surface area contributed by atoms with Crippen molar-refractivity contribution in [2.45, 2.75) is 67.7 Å². The Morgan fingerprint density at radius 2 is 1.67 bits per heavy atom. The maximum absolute atomic E-state index is 2.49. The van der Waals surface area contributed by atoms with Gasteiger partial charge in [-0.15, -0.1) is 0 Å². The summed E-state index contributed by atoms with van der Waals surface area (Å²) < 4.78 is 0. The van der Waals surface area contributed by atoms with Crippen LogP contribution in [0.1, 0.15) is 67.7 Å². The largest absolute Gasteiger partial charge is 0.0775 e. The summed E-state index contributed by atoms with van der Waals surface area (Å²) >= 11 is 0. The van der Waals surface area contributed by atoms with Crippen molar-refractivity contribution >= 4 is 0 Å². The van der Waals surface area contributed by atoms with Crippen molar-refractivity contribution in [3.8, 4) is 0 Å². The molecule has 0 nitrogen and oxygen atoms in total. The summed E-state index contributed by atoms with van der Waals surface area (Å²) in [6.07, 6.45) is 11.0. The molecule has 0 amide bonds. The first kappa shape index (κ1) is 15.5. The monoisotopic (exact) mass is 248 g/mol. The average molecular weight is 248 g/mol. The molecular formula is C18H32. The minimum atomic E-state index is 0.277. The summed E-state index contributed by atoms with van der Waals surface area (Å²) in [6, 6.07) is 0. The molecule has 104 valence electrons. The molecule has 0 aromatic heterocycles. The van der Waals surface area contributed by atoms with Crippen LogP contribution in [-0.4, -0.2) is 0 Å². The van der Waals surface area contributed by atoms with Gasteiger partial charge in [0.15, 0.2) is 0 Å². The van der Waals surface area contributed by atoms with E-state index in [1.807, 2.05) is 0 Å². The van der Waals surface area contributed by atoms with Gasteiger partial charge in [0.25, 0.3) is 0 Å². The molecule has 2 atom stereocenters. The Labute approximate surface area is 115 Å². The van der Waals surface area contributed by atoms with Gasteiger partial charge >= 0.3 is 0 Å². The summed E-state index contributed by atoms with van der Waals surface area (Å²) in [4.78, 5) is 0. The van der Waals surface area contributed by atoms with E-state index in [-0.39, 0.29) is 5.41 Å². The van der Waals surface area contributed by atoms with E-state index in [1.165, 1.54) is 19.3 Å². The molecule has 0 aliphatic heterocycles. The molecule has 1 rings (SSSR count). The Hall–Kier alpha value is -0.520. The lowest BCUT2D eigenvalue weighted by Gasteiger charge is -2.54. The van der Waals surface area contributed by atoms with E-state index >= 15 is 0 Å². The molecule has 0 aromatic carbocycles. The lowest BCUT2D eigenvalue weighted by molar-refractivity contribution is 0.0524. The Morgan fingerprint density at radius 3 is 2.11 bits per heavy atom. The topological polar surface area (TPSA) is 0 Å². The molecule has 0 heteroatoms. The number of unbranched alkanes of at least 4 members (excludes halogenated alkanes) is 1. The van der Waals surface area contributed by atoms with Crippen LogP contribution in [0.2, 0.25) is 0 Å². The summed E-state index contributed by atoms with van der Waals surface area (Å²) in [7, 11) is 0. The third-order valence-electron chi connectivity index (χ3n) is 5.68. The van der Waals surface area contributed by atoms with Crippen LogP contribution in [0.5, 0.6) is 0 Å². The van der Waals surface area contributed by atoms with Crippen LogP contribution in [-0.2, 0) is 0 Å². The first-order valence-corrected chi connectivity index (χ1v) is 7.69. The van der Waals surface area contributed by atoms with Crippen molar-refractivity contribution in [3.63, 3.8) is 0 Å². The highest BCUT2D eigenvalue weighted by atomic mass is 14.5. The van der Waals surface area contributed by atoms with E-state index < -0.39 is 0 Å². The van der Waals surface area contributed by atoms with Crippen LogP contribution in [0, 0.1) is 22.7 Å². The van der Waals surface area contributed by atoms with Gasteiger partial charge < -0.3 is 0 Å². The van der Waals surface area contributed by atoms with Crippen molar-refractivity contribution < 1.29 is 0 Å². The molecular weight excluding hydrogens is 216 g/mol. The summed E-state index contributed by atoms with van der Waals surface area (Å²) in [5, 5.41) is 0. The van der Waals surface area contributed by atoms with Gasteiger partial charge in [-0.2, -0.15) is 0 Å². The first-order valence-electron chi connectivity index (χ1n) is 7.69. The van der Waals surface area contributed by atoms with E-state index in [9.17, 15) is 0 Å². The number of allylic oxidation sites excluding steroid dienone is 4. The van der Waals surface area contributed by atoms with Gasteiger partial charge in [-0.1, -0.05) is 78.7 Å². The molecule has 18 heavy (non-hydrogen) atoms. The predicted molar refractivity (Wildman–Crippen MR) is 82.6 cm³/mol. The van der Waals surface area contributed by atoms with E-state index in [2.05, 4.69) is 66.7 Å². The van der Waals surface area contributed by atoms with E-state index in [0.29, 0.717) is 17.3 Å². The highest BCUT2D eigenvalue weighted by molar-refractivity contribution is 5.33. The molecule has 0 aromatic rings. The Bertz CT molecular complexity index is 332. The van der Waals surface area contributed by atoms with Crippen molar-refractivity contribution in [3.05, 3.63) is 23.8 Å². The second-order valence-corrected chi connectivity index (χ2v) is 6.95. The third kappa shape index (κ3) is 2.31. The maximum Gasteiger partial charge on any atom is 0.0000498 e. The molecule has 0 N–H and O–H groups in total. The molecule has 0 fully saturated rings. The highest BCUT2D eigenvalue weighted by Gasteiger charge is 2.49. The fourth-order valence-electron chi connectivity index (χ4n) is 3.55. The quantitative estimate of drug-likeness (QED) is 0.560. The van der Waals surface area contributed by atoms with Gasteiger partial charge in [0.2, 0.25) is 0 Å². The van der Waals surface area contributed by atoms with Gasteiger partial charge in [0.05, 0.1) is 0 Å². The normalized spacial score (nSPS) is 32.2. The van der Waals surface area contributed by atoms with Crippen molar-refractivity contribution in [2.24, 2.45) is 22.7 Å². The molecule has 1 aliphatic rings. The zero-order valence-electron chi connectivity index (χ0n) is 13.5. The third-order valence-corrected chi connectivity index (χ3v) is 5.68. The van der Waals surface area contributed by atoms with Gasteiger partial charge in [-0.25, -0.2) is 0 Å². The molecule has 0 radical (unpaired) electrons. The number of rotatable bonds is 5. The SMILES string of the molecule is CCCCC1=CC=CC(C)(C(C)C)C1(C)C(C)C. The standard InChI is InChI=1S/C18H32/c1-8-9-11-16-12-10-13-17(6,14(2)3)18(16,7)15(4)5/h10,12-15H,8-9,11H2,1-7H3. The molecule has 0 saturated carbocycles. The summed E-state index contributed by atoms with van der Waals surface area (Å²) in [5.41, 5.74) is 2.24. The van der Waals surface area contributed by atoms with Crippen LogP contribution in [0.15, 0.2) is 23.8 Å². The smallest absolute Gasteiger partial charge is 0.0000498 e. The number of hydrogen-bond donors (Lipinski definition) is 0. The zero-order valence-corrected chi connectivity index (χ0v) is 13.5. The predicted octanol–water partition coefficient (Wildman–Crippen LogP) is 6.00. The zero-order chi connectivity index (χ0) is 14.0. The fourth-order valence-corrected chi connectivity index (χ4v) is 3.55. The maximum atomic E-state index is 2.49. The number of hydrogen-bond acceptors (Lipinski definition) is 0. The fraction of sp³-hybridized carbons (Fsp3) is 0.778. The molecule has 2 unspecified atom stereocenters. The van der Waals surface area contributed by atoms with E-state index in [0.717, 1.165) is 0 Å². The lowest BCUT2D eigenvalue weighted by Crippen LogP contribution is -2.46. The van der Waals surface area contributed by atoms with Crippen LogP contribution in [0.4, 0.5) is 0 Å². The Balaban J connectivity index is 3.19. The Morgan fingerprint density at radius 1 is 1.06 bits per heavy atom. The Kier molecular flexibility index (Phi) is 4.86. The van der Waals surface area contributed by atoms with Gasteiger partial charge in [0.1, 0.15) is 0 Å².